The SMILES string of the molecule is CC(C)CCNC(N)=NCc1ccon1.I. The molecule has 0 unspecified atom stereocenters. The van der Waals surface area contributed by atoms with Crippen LogP contribution in [0.5, 0.6) is 0 Å². The van der Waals surface area contributed by atoms with E-state index in [-0.39, 0.29) is 24.0 Å². The van der Waals surface area contributed by atoms with Crippen molar-refractivity contribution < 1.29 is 4.52 Å². The molecule has 0 saturated carbocycles. The Labute approximate surface area is 113 Å². The maximum absolute atomic E-state index is 5.66. The molecule has 0 bridgehead atoms. The summed E-state index contributed by atoms with van der Waals surface area (Å²) in [5.41, 5.74) is 6.44. The molecule has 0 saturated heterocycles. The summed E-state index contributed by atoms with van der Waals surface area (Å²) < 4.78 is 4.68. The topological polar surface area (TPSA) is 76.4 Å². The molecule has 3 N–H and O–H groups in total. The fraction of sp³-hybridized carbons (Fsp3) is 0.600. The summed E-state index contributed by atoms with van der Waals surface area (Å²) in [6.07, 6.45) is 2.60. The normalized spacial score (nSPS) is 11.3. The van der Waals surface area contributed by atoms with Gasteiger partial charge in [-0.1, -0.05) is 19.0 Å². The number of nitrogens with one attached hydrogen (secondary N) is 1. The Kier molecular flexibility index (Phi) is 7.96. The molecular formula is C10H19IN4O. The zero-order valence-corrected chi connectivity index (χ0v) is 12.0. The molecule has 1 aromatic rings. The predicted molar refractivity (Wildman–Crippen MR) is 74.7 cm³/mol. The molecule has 6 heteroatoms. The molecule has 1 aromatic heterocycles. The van der Waals surface area contributed by atoms with Crippen molar-refractivity contribution in [1.29, 1.82) is 0 Å². The molecule has 0 amide bonds. The molecule has 0 aliphatic rings. The Balaban J connectivity index is 0.00000225. The van der Waals surface area contributed by atoms with E-state index in [9.17, 15) is 0 Å². The minimum atomic E-state index is 0. The van der Waals surface area contributed by atoms with Gasteiger partial charge in [0, 0.05) is 12.6 Å². The molecule has 0 atom stereocenters. The highest BCUT2D eigenvalue weighted by atomic mass is 127. The van der Waals surface area contributed by atoms with Gasteiger partial charge in [-0.05, 0) is 12.3 Å². The number of nitrogens with zero attached hydrogens (tertiary/aromatic N) is 2. The Bertz CT molecular complexity index is 298. The second-order valence-electron chi connectivity index (χ2n) is 3.80. The smallest absolute Gasteiger partial charge is 0.188 e. The minimum absolute atomic E-state index is 0. The number of guanidine groups is 1. The van der Waals surface area contributed by atoms with Crippen LogP contribution in [0.15, 0.2) is 21.8 Å². The molecule has 0 aliphatic carbocycles. The highest BCUT2D eigenvalue weighted by Crippen LogP contribution is 1.97. The van der Waals surface area contributed by atoms with Crippen LogP contribution in [-0.2, 0) is 6.54 Å². The van der Waals surface area contributed by atoms with Gasteiger partial charge in [-0.25, -0.2) is 4.99 Å². The van der Waals surface area contributed by atoms with Gasteiger partial charge in [-0.15, -0.1) is 24.0 Å². The first-order chi connectivity index (χ1) is 7.18. The molecule has 16 heavy (non-hydrogen) atoms. The largest absolute Gasteiger partial charge is 0.370 e. The van der Waals surface area contributed by atoms with Crippen LogP contribution in [-0.4, -0.2) is 17.7 Å². The van der Waals surface area contributed by atoms with E-state index in [0.717, 1.165) is 18.7 Å². The molecule has 92 valence electrons. The monoisotopic (exact) mass is 338 g/mol. The fourth-order valence-electron chi connectivity index (χ4n) is 1.03. The zero-order chi connectivity index (χ0) is 11.1. The fourth-order valence-corrected chi connectivity index (χ4v) is 1.03. The van der Waals surface area contributed by atoms with Crippen molar-refractivity contribution >= 4 is 29.9 Å². The summed E-state index contributed by atoms with van der Waals surface area (Å²) in [7, 11) is 0. The summed E-state index contributed by atoms with van der Waals surface area (Å²) in [6.45, 7) is 5.65. The van der Waals surface area contributed by atoms with Crippen molar-refractivity contribution in [2.75, 3.05) is 6.54 Å². The van der Waals surface area contributed by atoms with Crippen molar-refractivity contribution in [3.8, 4) is 0 Å². The highest BCUT2D eigenvalue weighted by molar-refractivity contribution is 14.0. The van der Waals surface area contributed by atoms with Gasteiger partial charge in [0.2, 0.25) is 0 Å². The number of aliphatic imine (C=N–C) groups is 1. The Hall–Kier alpha value is -0.790. The predicted octanol–water partition coefficient (Wildman–Crippen LogP) is 1.74. The second-order valence-corrected chi connectivity index (χ2v) is 3.80. The number of halogens is 1. The third-order valence-corrected chi connectivity index (χ3v) is 1.93. The first kappa shape index (κ1) is 15.2. The first-order valence-electron chi connectivity index (χ1n) is 5.11. The Morgan fingerprint density at radius 1 is 1.62 bits per heavy atom. The van der Waals surface area contributed by atoms with Crippen LogP contribution in [0.2, 0.25) is 0 Å². The van der Waals surface area contributed by atoms with Gasteiger partial charge in [0.1, 0.15) is 12.0 Å². The lowest BCUT2D eigenvalue weighted by molar-refractivity contribution is 0.412. The molecule has 1 heterocycles. The molecule has 0 fully saturated rings. The van der Waals surface area contributed by atoms with Gasteiger partial charge >= 0.3 is 0 Å². The number of aromatic nitrogens is 1. The van der Waals surface area contributed by atoms with Crippen LogP contribution < -0.4 is 11.1 Å². The lowest BCUT2D eigenvalue weighted by Crippen LogP contribution is -2.32. The number of hydrogen-bond acceptors (Lipinski definition) is 3. The van der Waals surface area contributed by atoms with E-state index in [4.69, 9.17) is 5.73 Å². The van der Waals surface area contributed by atoms with E-state index in [1.54, 1.807) is 6.07 Å². The van der Waals surface area contributed by atoms with Crippen molar-refractivity contribution in [3.63, 3.8) is 0 Å². The average Bonchev–Trinajstić information content (AvgIpc) is 2.66. The minimum Gasteiger partial charge on any atom is -0.370 e. The standard InChI is InChI=1S/C10H18N4O.HI/c1-8(2)3-5-12-10(11)13-7-9-4-6-15-14-9;/h4,6,8H,3,5,7H2,1-2H3,(H3,11,12,13);1H. The number of nitrogens with two attached hydrogens (primary N) is 1. The molecule has 5 nitrogen and oxygen atoms in total. The summed E-state index contributed by atoms with van der Waals surface area (Å²) in [6, 6.07) is 1.77. The van der Waals surface area contributed by atoms with E-state index >= 15 is 0 Å². The third-order valence-electron chi connectivity index (χ3n) is 1.93. The van der Waals surface area contributed by atoms with Gasteiger partial charge < -0.3 is 15.6 Å². The average molecular weight is 338 g/mol. The van der Waals surface area contributed by atoms with E-state index in [2.05, 4.69) is 33.8 Å². The van der Waals surface area contributed by atoms with E-state index in [1.165, 1.54) is 6.26 Å². The van der Waals surface area contributed by atoms with Crippen molar-refractivity contribution in [3.05, 3.63) is 18.0 Å². The molecule has 0 spiro atoms. The highest BCUT2D eigenvalue weighted by Gasteiger charge is 1.97. The van der Waals surface area contributed by atoms with Gasteiger partial charge in [-0.2, -0.15) is 0 Å². The molecule has 1 rings (SSSR count). The summed E-state index contributed by atoms with van der Waals surface area (Å²) in [5.74, 6) is 1.12. The summed E-state index contributed by atoms with van der Waals surface area (Å²) >= 11 is 0. The quantitative estimate of drug-likeness (QED) is 0.487. The lowest BCUT2D eigenvalue weighted by Gasteiger charge is -2.06. The van der Waals surface area contributed by atoms with E-state index in [1.807, 2.05) is 0 Å². The van der Waals surface area contributed by atoms with Crippen LogP contribution in [0.3, 0.4) is 0 Å². The molecular weight excluding hydrogens is 319 g/mol. The summed E-state index contributed by atoms with van der Waals surface area (Å²) in [5, 5.41) is 6.78. The molecule has 0 radical (unpaired) electrons. The first-order valence-corrected chi connectivity index (χ1v) is 5.11. The van der Waals surface area contributed by atoms with Crippen LogP contribution in [0.25, 0.3) is 0 Å². The van der Waals surface area contributed by atoms with Gasteiger partial charge in [0.25, 0.3) is 0 Å². The number of rotatable bonds is 5. The van der Waals surface area contributed by atoms with Crippen LogP contribution in [0.4, 0.5) is 0 Å². The molecule has 0 aromatic carbocycles. The van der Waals surface area contributed by atoms with E-state index in [0.29, 0.717) is 18.4 Å². The number of hydrogen-bond donors (Lipinski definition) is 2. The van der Waals surface area contributed by atoms with Crippen LogP contribution >= 0.6 is 24.0 Å². The van der Waals surface area contributed by atoms with Crippen molar-refractivity contribution in [2.24, 2.45) is 16.6 Å². The Morgan fingerprint density at radius 3 is 2.94 bits per heavy atom. The zero-order valence-electron chi connectivity index (χ0n) is 9.64. The van der Waals surface area contributed by atoms with Gasteiger partial charge in [0.05, 0.1) is 6.54 Å². The van der Waals surface area contributed by atoms with Gasteiger partial charge in [-0.3, -0.25) is 0 Å². The maximum atomic E-state index is 5.66. The van der Waals surface area contributed by atoms with Crippen LogP contribution in [0, 0.1) is 5.92 Å². The van der Waals surface area contributed by atoms with E-state index < -0.39 is 0 Å². The van der Waals surface area contributed by atoms with Crippen molar-refractivity contribution in [1.82, 2.24) is 10.5 Å². The van der Waals surface area contributed by atoms with Gasteiger partial charge in [0.15, 0.2) is 5.96 Å². The van der Waals surface area contributed by atoms with Crippen molar-refractivity contribution in [2.45, 2.75) is 26.8 Å². The second kappa shape index (κ2) is 8.37. The van der Waals surface area contributed by atoms with Crippen LogP contribution in [0.1, 0.15) is 26.0 Å². The Morgan fingerprint density at radius 2 is 2.38 bits per heavy atom. The third kappa shape index (κ3) is 6.65. The summed E-state index contributed by atoms with van der Waals surface area (Å²) in [4.78, 5) is 4.12. The maximum Gasteiger partial charge on any atom is 0.188 e. The lowest BCUT2D eigenvalue weighted by atomic mass is 10.1. The molecule has 0 aliphatic heterocycles.